The summed E-state index contributed by atoms with van der Waals surface area (Å²) in [5.74, 6) is -1.62. The van der Waals surface area contributed by atoms with Crippen LogP contribution in [-0.4, -0.2) is 30.0 Å². The maximum atomic E-state index is 12.6. The summed E-state index contributed by atoms with van der Waals surface area (Å²) < 4.78 is 37.7. The first kappa shape index (κ1) is 16.2. The third-order valence-corrected chi connectivity index (χ3v) is 2.30. The SMILES string of the molecule is CNC(=CC(=Nc1cccc(C#N)c1)C(=O)O)C(F)(F)F. The number of aliphatic carboxylic acids is 1. The second-order valence-corrected chi connectivity index (χ2v) is 3.77. The molecule has 0 spiro atoms. The number of aliphatic imine (C=N–C) groups is 1. The van der Waals surface area contributed by atoms with Crippen molar-refractivity contribution in [1.82, 2.24) is 5.32 Å². The van der Waals surface area contributed by atoms with E-state index < -0.39 is 23.6 Å². The van der Waals surface area contributed by atoms with E-state index in [1.54, 1.807) is 0 Å². The van der Waals surface area contributed by atoms with Crippen LogP contribution in [0, 0.1) is 11.3 Å². The normalized spacial score (nSPS) is 12.7. The van der Waals surface area contributed by atoms with E-state index in [-0.39, 0.29) is 11.3 Å². The molecule has 0 radical (unpaired) electrons. The standard InChI is InChI=1S/C13H10F3N3O2/c1-18-11(13(14,15)16)6-10(12(20)21)19-9-4-2-3-8(5-9)7-17/h2-6,18H,1H3,(H,20,21). The second-order valence-electron chi connectivity index (χ2n) is 3.77. The van der Waals surface area contributed by atoms with Crippen molar-refractivity contribution in [2.45, 2.75) is 6.18 Å². The molecule has 0 atom stereocenters. The van der Waals surface area contributed by atoms with Crippen LogP contribution in [-0.2, 0) is 4.79 Å². The highest BCUT2D eigenvalue weighted by molar-refractivity contribution is 6.41. The number of halogens is 3. The molecule has 110 valence electrons. The van der Waals surface area contributed by atoms with Crippen LogP contribution in [0.5, 0.6) is 0 Å². The van der Waals surface area contributed by atoms with Crippen LogP contribution in [0.1, 0.15) is 5.56 Å². The van der Waals surface area contributed by atoms with Gasteiger partial charge in [-0.2, -0.15) is 18.4 Å². The van der Waals surface area contributed by atoms with Gasteiger partial charge in [-0.1, -0.05) is 6.07 Å². The van der Waals surface area contributed by atoms with Crippen LogP contribution in [0.15, 0.2) is 41.0 Å². The fraction of sp³-hybridized carbons (Fsp3) is 0.154. The summed E-state index contributed by atoms with van der Waals surface area (Å²) in [5, 5.41) is 19.5. The van der Waals surface area contributed by atoms with Crippen molar-refractivity contribution in [2.75, 3.05) is 7.05 Å². The Labute approximate surface area is 118 Å². The number of hydrogen-bond acceptors (Lipinski definition) is 4. The summed E-state index contributed by atoms with van der Waals surface area (Å²) in [6.07, 6.45) is -4.33. The number of alkyl halides is 3. The van der Waals surface area contributed by atoms with Gasteiger partial charge in [-0.25, -0.2) is 9.79 Å². The Hall–Kier alpha value is -2.82. The monoisotopic (exact) mass is 297 g/mol. The summed E-state index contributed by atoms with van der Waals surface area (Å²) in [6.45, 7) is 0. The fourth-order valence-corrected chi connectivity index (χ4v) is 1.36. The quantitative estimate of drug-likeness (QED) is 0.835. The zero-order valence-corrected chi connectivity index (χ0v) is 10.8. The Morgan fingerprint density at radius 2 is 2.14 bits per heavy atom. The van der Waals surface area contributed by atoms with E-state index in [0.717, 1.165) is 7.05 Å². The van der Waals surface area contributed by atoms with Gasteiger partial charge in [0.05, 0.1) is 17.3 Å². The number of rotatable bonds is 4. The van der Waals surface area contributed by atoms with Gasteiger partial charge >= 0.3 is 12.1 Å². The highest BCUT2D eigenvalue weighted by Gasteiger charge is 2.33. The van der Waals surface area contributed by atoms with Crippen molar-refractivity contribution in [3.63, 3.8) is 0 Å². The van der Waals surface area contributed by atoms with Crippen LogP contribution < -0.4 is 5.32 Å². The predicted molar refractivity (Wildman–Crippen MR) is 69.1 cm³/mol. The van der Waals surface area contributed by atoms with Crippen LogP contribution >= 0.6 is 0 Å². The summed E-state index contributed by atoms with van der Waals surface area (Å²) in [4.78, 5) is 14.6. The molecule has 0 aliphatic carbocycles. The van der Waals surface area contributed by atoms with E-state index in [0.29, 0.717) is 6.08 Å². The van der Waals surface area contributed by atoms with Gasteiger partial charge in [-0.3, -0.25) is 0 Å². The van der Waals surface area contributed by atoms with E-state index in [1.807, 2.05) is 11.4 Å². The molecule has 0 amide bonds. The van der Waals surface area contributed by atoms with Crippen molar-refractivity contribution in [1.29, 1.82) is 5.26 Å². The number of carboxylic acid groups (broad SMARTS) is 1. The molecule has 0 aromatic heterocycles. The van der Waals surface area contributed by atoms with Gasteiger partial charge in [0.15, 0.2) is 5.71 Å². The lowest BCUT2D eigenvalue weighted by atomic mass is 10.2. The maximum Gasteiger partial charge on any atom is 0.430 e. The minimum Gasteiger partial charge on any atom is -0.477 e. The lowest BCUT2D eigenvalue weighted by molar-refractivity contribution is -0.129. The topological polar surface area (TPSA) is 85.5 Å². The molecule has 0 aliphatic heterocycles. The van der Waals surface area contributed by atoms with Gasteiger partial charge in [-0.15, -0.1) is 0 Å². The molecule has 0 heterocycles. The molecule has 8 heteroatoms. The molecular formula is C13H10F3N3O2. The molecule has 0 unspecified atom stereocenters. The average Bonchev–Trinajstić information content (AvgIpc) is 2.41. The lowest BCUT2D eigenvalue weighted by Crippen LogP contribution is -2.25. The molecule has 0 aliphatic rings. The zero-order valence-electron chi connectivity index (χ0n) is 10.8. The van der Waals surface area contributed by atoms with Gasteiger partial charge in [-0.05, 0) is 24.3 Å². The molecular weight excluding hydrogens is 287 g/mol. The summed E-state index contributed by atoms with van der Waals surface area (Å²) in [6, 6.07) is 7.38. The molecule has 1 aromatic carbocycles. The molecule has 5 nitrogen and oxygen atoms in total. The van der Waals surface area contributed by atoms with E-state index in [2.05, 4.69) is 4.99 Å². The van der Waals surface area contributed by atoms with E-state index in [9.17, 15) is 18.0 Å². The molecule has 1 rings (SSSR count). The Morgan fingerprint density at radius 3 is 2.62 bits per heavy atom. The van der Waals surface area contributed by atoms with E-state index >= 15 is 0 Å². The van der Waals surface area contributed by atoms with Crippen molar-refractivity contribution < 1.29 is 23.1 Å². The smallest absolute Gasteiger partial charge is 0.430 e. The molecule has 2 N–H and O–H groups in total. The van der Waals surface area contributed by atoms with Crippen molar-refractivity contribution in [2.24, 2.45) is 4.99 Å². The molecule has 0 fully saturated rings. The largest absolute Gasteiger partial charge is 0.477 e. The summed E-state index contributed by atoms with van der Waals surface area (Å²) >= 11 is 0. The number of nitrogens with one attached hydrogen (secondary N) is 1. The molecule has 0 saturated carbocycles. The molecule has 0 saturated heterocycles. The number of carbonyl (C=O) groups is 1. The maximum absolute atomic E-state index is 12.6. The van der Waals surface area contributed by atoms with Gasteiger partial charge in [0, 0.05) is 7.05 Å². The highest BCUT2D eigenvalue weighted by atomic mass is 19.4. The summed E-state index contributed by atoms with van der Waals surface area (Å²) in [5.41, 5.74) is -1.75. The number of hydrogen-bond donors (Lipinski definition) is 2. The van der Waals surface area contributed by atoms with Crippen molar-refractivity contribution >= 4 is 17.4 Å². The summed E-state index contributed by atoms with van der Waals surface area (Å²) in [7, 11) is 1.02. The first-order valence-electron chi connectivity index (χ1n) is 5.56. The third kappa shape index (κ3) is 4.65. The van der Waals surface area contributed by atoms with Crippen LogP contribution in [0.25, 0.3) is 0 Å². The number of benzene rings is 1. The van der Waals surface area contributed by atoms with Gasteiger partial charge in [0.25, 0.3) is 0 Å². The Kier molecular flexibility index (Phi) is 5.07. The number of carboxylic acids is 1. The fourth-order valence-electron chi connectivity index (χ4n) is 1.36. The molecule has 1 aromatic rings. The minimum absolute atomic E-state index is 0.0697. The minimum atomic E-state index is -4.72. The van der Waals surface area contributed by atoms with E-state index in [1.165, 1.54) is 24.3 Å². The van der Waals surface area contributed by atoms with E-state index in [4.69, 9.17) is 10.4 Å². The Bertz CT molecular complexity index is 643. The average molecular weight is 297 g/mol. The van der Waals surface area contributed by atoms with Gasteiger partial charge in [0.2, 0.25) is 0 Å². The predicted octanol–water partition coefficient (Wildman–Crippen LogP) is 2.38. The van der Waals surface area contributed by atoms with Crippen LogP contribution in [0.4, 0.5) is 18.9 Å². The third-order valence-electron chi connectivity index (χ3n) is 2.30. The first-order valence-corrected chi connectivity index (χ1v) is 5.56. The number of nitriles is 1. The Morgan fingerprint density at radius 1 is 1.48 bits per heavy atom. The number of nitrogens with zero attached hydrogens (tertiary/aromatic N) is 2. The van der Waals surface area contributed by atoms with Crippen LogP contribution in [0.3, 0.4) is 0 Å². The second kappa shape index (κ2) is 6.56. The highest BCUT2D eigenvalue weighted by Crippen LogP contribution is 2.23. The first-order chi connectivity index (χ1) is 9.77. The number of allylic oxidation sites excluding steroid dienone is 1. The van der Waals surface area contributed by atoms with Gasteiger partial charge in [0.1, 0.15) is 5.70 Å². The molecule has 21 heavy (non-hydrogen) atoms. The van der Waals surface area contributed by atoms with Crippen LogP contribution in [0.2, 0.25) is 0 Å². The van der Waals surface area contributed by atoms with Crippen molar-refractivity contribution in [3.05, 3.63) is 41.6 Å². The molecule has 0 bridgehead atoms. The lowest BCUT2D eigenvalue weighted by Gasteiger charge is -2.10. The Balaban J connectivity index is 3.30. The zero-order chi connectivity index (χ0) is 16.0. The van der Waals surface area contributed by atoms with Crippen molar-refractivity contribution in [3.8, 4) is 6.07 Å². The van der Waals surface area contributed by atoms with Gasteiger partial charge < -0.3 is 10.4 Å².